The van der Waals surface area contributed by atoms with E-state index < -0.39 is 0 Å². The first-order valence-electron chi connectivity index (χ1n) is 9.70. The Morgan fingerprint density at radius 2 is 2.04 bits per heavy atom. The number of ether oxygens (including phenoxy) is 1. The maximum Gasteiger partial charge on any atom is 0.321 e. The average Bonchev–Trinajstić information content (AvgIpc) is 3.27. The van der Waals surface area contributed by atoms with E-state index in [-0.39, 0.29) is 17.7 Å². The summed E-state index contributed by atoms with van der Waals surface area (Å²) in [6.45, 7) is 2.80. The molecule has 2 fully saturated rings. The zero-order valence-electron chi connectivity index (χ0n) is 15.7. The number of hydrogen-bond donors (Lipinski definition) is 2. The molecule has 2 aliphatic rings. The average molecular weight is 387 g/mol. The Balaban J connectivity index is 1.29. The van der Waals surface area contributed by atoms with Gasteiger partial charge in [0.05, 0.1) is 5.60 Å². The summed E-state index contributed by atoms with van der Waals surface area (Å²) in [6.07, 6.45) is 7.20. The molecule has 2 aromatic rings. The number of nitrogens with one attached hydrogen (secondary N) is 2. The number of carbonyl (C=O) groups excluding carboxylic acids is 1. The number of aryl methyl sites for hydroxylation is 1. The van der Waals surface area contributed by atoms with Gasteiger partial charge in [0.25, 0.3) is 0 Å². The molecule has 1 saturated carbocycles. The van der Waals surface area contributed by atoms with Crippen molar-refractivity contribution in [1.29, 1.82) is 0 Å². The Morgan fingerprint density at radius 1 is 1.26 bits per heavy atom. The van der Waals surface area contributed by atoms with Gasteiger partial charge in [0, 0.05) is 19.1 Å². The number of anilines is 1. The van der Waals surface area contributed by atoms with Gasteiger partial charge in [0.1, 0.15) is 5.01 Å². The minimum Gasteiger partial charge on any atom is -0.375 e. The molecule has 1 aliphatic heterocycles. The van der Waals surface area contributed by atoms with E-state index in [1.807, 2.05) is 0 Å². The van der Waals surface area contributed by atoms with E-state index in [0.717, 1.165) is 43.7 Å². The number of urea groups is 1. The summed E-state index contributed by atoms with van der Waals surface area (Å²) in [6, 6.07) is 8.34. The number of amides is 2. The fourth-order valence-corrected chi connectivity index (χ4v) is 4.86. The lowest BCUT2D eigenvalue weighted by atomic mass is 9.89. The van der Waals surface area contributed by atoms with E-state index in [0.29, 0.717) is 5.13 Å². The molecule has 144 valence electrons. The van der Waals surface area contributed by atoms with Crippen molar-refractivity contribution in [3.63, 3.8) is 0 Å². The van der Waals surface area contributed by atoms with Crippen LogP contribution in [0.4, 0.5) is 9.93 Å². The molecule has 1 aromatic heterocycles. The van der Waals surface area contributed by atoms with Gasteiger partial charge in [0.2, 0.25) is 5.13 Å². The zero-order valence-corrected chi connectivity index (χ0v) is 16.5. The summed E-state index contributed by atoms with van der Waals surface area (Å²) in [7, 11) is 0. The largest absolute Gasteiger partial charge is 0.375 e. The lowest BCUT2D eigenvalue weighted by Crippen LogP contribution is -2.48. The van der Waals surface area contributed by atoms with Crippen LogP contribution in [0.25, 0.3) is 0 Å². The number of rotatable bonds is 4. The first-order chi connectivity index (χ1) is 13.1. The third-order valence-corrected chi connectivity index (χ3v) is 6.34. The molecule has 6 nitrogen and oxygen atoms in total. The molecule has 4 rings (SSSR count). The van der Waals surface area contributed by atoms with Crippen molar-refractivity contribution in [3.8, 4) is 0 Å². The van der Waals surface area contributed by atoms with Gasteiger partial charge < -0.3 is 10.1 Å². The van der Waals surface area contributed by atoms with E-state index in [1.165, 1.54) is 35.3 Å². The Kier molecular flexibility index (Phi) is 5.41. The predicted molar refractivity (Wildman–Crippen MR) is 106 cm³/mol. The van der Waals surface area contributed by atoms with E-state index in [4.69, 9.17) is 4.74 Å². The lowest BCUT2D eigenvalue weighted by molar-refractivity contribution is -0.0818. The van der Waals surface area contributed by atoms with Crippen LogP contribution >= 0.6 is 11.3 Å². The number of hydrogen-bond acceptors (Lipinski definition) is 5. The van der Waals surface area contributed by atoms with Crippen LogP contribution in [0.2, 0.25) is 0 Å². The smallest absolute Gasteiger partial charge is 0.321 e. The van der Waals surface area contributed by atoms with Crippen molar-refractivity contribution < 1.29 is 9.53 Å². The van der Waals surface area contributed by atoms with Crippen LogP contribution < -0.4 is 10.6 Å². The van der Waals surface area contributed by atoms with Crippen LogP contribution in [-0.4, -0.2) is 34.5 Å². The second-order valence-electron chi connectivity index (χ2n) is 7.69. The molecule has 1 unspecified atom stereocenters. The lowest BCUT2D eigenvalue weighted by Gasteiger charge is -2.38. The monoisotopic (exact) mass is 386 g/mol. The minimum atomic E-state index is -0.201. The van der Waals surface area contributed by atoms with Crippen molar-refractivity contribution in [3.05, 3.63) is 40.4 Å². The molecule has 0 radical (unpaired) electrons. The molecule has 1 atom stereocenters. The van der Waals surface area contributed by atoms with E-state index in [1.54, 1.807) is 0 Å². The summed E-state index contributed by atoms with van der Waals surface area (Å²) < 4.78 is 6.03. The summed E-state index contributed by atoms with van der Waals surface area (Å²) in [4.78, 5) is 12.4. The molecule has 1 aliphatic carbocycles. The number of carbonyl (C=O) groups is 1. The van der Waals surface area contributed by atoms with Crippen molar-refractivity contribution in [1.82, 2.24) is 15.5 Å². The molecule has 2 amide bonds. The van der Waals surface area contributed by atoms with Crippen LogP contribution in [0.5, 0.6) is 0 Å². The Morgan fingerprint density at radius 3 is 2.81 bits per heavy atom. The molecular weight excluding hydrogens is 360 g/mol. The van der Waals surface area contributed by atoms with E-state index in [2.05, 4.69) is 52.0 Å². The van der Waals surface area contributed by atoms with Crippen molar-refractivity contribution >= 4 is 22.5 Å². The van der Waals surface area contributed by atoms with Crippen LogP contribution in [0.1, 0.15) is 54.7 Å². The summed E-state index contributed by atoms with van der Waals surface area (Å²) in [5.74, 6) is 0. The number of nitrogens with zero attached hydrogens (tertiary/aromatic N) is 2. The van der Waals surface area contributed by atoms with E-state index >= 15 is 0 Å². The van der Waals surface area contributed by atoms with Crippen LogP contribution in [-0.2, 0) is 11.2 Å². The summed E-state index contributed by atoms with van der Waals surface area (Å²) >= 11 is 1.42. The maximum absolute atomic E-state index is 12.4. The molecule has 27 heavy (non-hydrogen) atoms. The third-order valence-electron chi connectivity index (χ3n) is 5.51. The van der Waals surface area contributed by atoms with Crippen molar-refractivity contribution in [2.45, 2.75) is 63.5 Å². The molecule has 1 aromatic carbocycles. The highest BCUT2D eigenvalue weighted by Crippen LogP contribution is 2.39. The standard InChI is InChI=1S/C20H26N4O2S/c1-14-4-6-15(7-5-14)12-17-23-24-19(27-17)22-18(25)21-16-8-11-26-20(13-16)9-2-3-10-20/h4-7,16H,2-3,8-13H2,1H3,(H2,21,22,24,25). The van der Waals surface area contributed by atoms with Gasteiger partial charge >= 0.3 is 6.03 Å². The first-order valence-corrected chi connectivity index (χ1v) is 10.5. The van der Waals surface area contributed by atoms with Gasteiger partial charge in [0.15, 0.2) is 0 Å². The van der Waals surface area contributed by atoms with Gasteiger partial charge in [-0.2, -0.15) is 0 Å². The Labute approximate surface area is 163 Å². The highest BCUT2D eigenvalue weighted by atomic mass is 32.1. The SMILES string of the molecule is Cc1ccc(Cc2nnc(NC(=O)NC3CCOC4(CCCC4)C3)s2)cc1. The fourth-order valence-electron chi connectivity index (χ4n) is 4.09. The van der Waals surface area contributed by atoms with Crippen molar-refractivity contribution in [2.24, 2.45) is 0 Å². The predicted octanol–water partition coefficient (Wildman–Crippen LogP) is 4.05. The normalized spacial score (nSPS) is 21.3. The van der Waals surface area contributed by atoms with Gasteiger partial charge in [-0.3, -0.25) is 5.32 Å². The molecule has 0 bridgehead atoms. The molecular formula is C20H26N4O2S. The van der Waals surface area contributed by atoms with Crippen LogP contribution in [0.3, 0.4) is 0 Å². The Bertz CT molecular complexity index is 784. The second-order valence-corrected chi connectivity index (χ2v) is 8.75. The maximum atomic E-state index is 12.4. The minimum absolute atomic E-state index is 0.000140. The van der Waals surface area contributed by atoms with Crippen molar-refractivity contribution in [2.75, 3.05) is 11.9 Å². The van der Waals surface area contributed by atoms with Gasteiger partial charge in [-0.05, 0) is 38.2 Å². The topological polar surface area (TPSA) is 76.1 Å². The molecule has 7 heteroatoms. The van der Waals surface area contributed by atoms with E-state index in [9.17, 15) is 4.79 Å². The highest BCUT2D eigenvalue weighted by molar-refractivity contribution is 7.15. The Hall–Kier alpha value is -1.99. The van der Waals surface area contributed by atoms with Gasteiger partial charge in [-0.1, -0.05) is 54.0 Å². The summed E-state index contributed by atoms with van der Waals surface area (Å²) in [5.41, 5.74) is 2.43. The zero-order chi connectivity index (χ0) is 18.7. The molecule has 2 N–H and O–H groups in total. The van der Waals surface area contributed by atoms with Crippen LogP contribution in [0, 0.1) is 6.92 Å². The quantitative estimate of drug-likeness (QED) is 0.831. The molecule has 1 saturated heterocycles. The first kappa shape index (κ1) is 18.4. The third kappa shape index (κ3) is 4.65. The van der Waals surface area contributed by atoms with Gasteiger partial charge in [-0.15, -0.1) is 10.2 Å². The molecule has 1 spiro atoms. The fraction of sp³-hybridized carbons (Fsp3) is 0.550. The number of benzene rings is 1. The molecule has 2 heterocycles. The second kappa shape index (κ2) is 7.94. The highest BCUT2D eigenvalue weighted by Gasteiger charge is 2.40. The van der Waals surface area contributed by atoms with Crippen LogP contribution in [0.15, 0.2) is 24.3 Å². The van der Waals surface area contributed by atoms with Gasteiger partial charge in [-0.25, -0.2) is 4.79 Å². The number of aromatic nitrogens is 2. The summed E-state index contributed by atoms with van der Waals surface area (Å²) in [5, 5.41) is 15.7.